The summed E-state index contributed by atoms with van der Waals surface area (Å²) < 4.78 is 3.81. The number of aryl methyl sites for hydroxylation is 1. The predicted octanol–water partition coefficient (Wildman–Crippen LogP) is 1.77. The second-order valence-electron chi connectivity index (χ2n) is 7.47. The van der Waals surface area contributed by atoms with Crippen LogP contribution in [-0.2, 0) is 18.4 Å². The lowest BCUT2D eigenvalue weighted by Gasteiger charge is -2.35. The molecule has 2 aliphatic rings. The fraction of sp³-hybridized carbons (Fsp3) is 0.579. The quantitative estimate of drug-likeness (QED) is 0.384. The Balaban J connectivity index is 0.00000240. The summed E-state index contributed by atoms with van der Waals surface area (Å²) in [4.78, 5) is 20.7. The van der Waals surface area contributed by atoms with E-state index in [1.54, 1.807) is 22.8 Å². The second kappa shape index (κ2) is 9.59. The number of nitrogens with zero attached hydrogens (tertiary/aromatic N) is 7. The van der Waals surface area contributed by atoms with E-state index in [4.69, 9.17) is 5.10 Å². The maximum absolute atomic E-state index is 12.6. The van der Waals surface area contributed by atoms with Crippen LogP contribution in [0.25, 0.3) is 0 Å². The molecular weight excluding hydrogens is 483 g/mol. The number of aliphatic imine (C=N–C) groups is 1. The smallest absolute Gasteiger partial charge is 0.246 e. The van der Waals surface area contributed by atoms with Gasteiger partial charge in [0.05, 0.1) is 30.2 Å². The summed E-state index contributed by atoms with van der Waals surface area (Å²) in [5, 5.41) is 12.2. The summed E-state index contributed by atoms with van der Waals surface area (Å²) in [6.07, 6.45) is 10.7. The first-order chi connectivity index (χ1) is 13.6. The van der Waals surface area contributed by atoms with Crippen LogP contribution in [0.1, 0.15) is 37.4 Å². The molecule has 4 rings (SSSR count). The third-order valence-corrected chi connectivity index (χ3v) is 5.52. The zero-order valence-corrected chi connectivity index (χ0v) is 19.3. The van der Waals surface area contributed by atoms with Crippen molar-refractivity contribution >= 4 is 41.5 Å². The zero-order chi connectivity index (χ0) is 19.5. The molecule has 1 N–H and O–H groups in total. The van der Waals surface area contributed by atoms with Crippen LogP contribution in [0.5, 0.6) is 0 Å². The Morgan fingerprint density at radius 3 is 2.76 bits per heavy atom. The number of anilines is 1. The van der Waals surface area contributed by atoms with E-state index in [-0.39, 0.29) is 29.9 Å². The van der Waals surface area contributed by atoms with Crippen molar-refractivity contribution in [1.29, 1.82) is 0 Å². The minimum absolute atomic E-state index is 0. The Morgan fingerprint density at radius 1 is 1.31 bits per heavy atom. The lowest BCUT2D eigenvalue weighted by molar-refractivity contribution is -0.120. The Labute approximate surface area is 188 Å². The van der Waals surface area contributed by atoms with Gasteiger partial charge in [-0.2, -0.15) is 10.2 Å². The van der Waals surface area contributed by atoms with Gasteiger partial charge in [-0.1, -0.05) is 12.8 Å². The van der Waals surface area contributed by atoms with Crippen LogP contribution < -0.4 is 10.2 Å². The van der Waals surface area contributed by atoms with Crippen LogP contribution in [0, 0.1) is 0 Å². The van der Waals surface area contributed by atoms with Crippen molar-refractivity contribution in [2.24, 2.45) is 12.0 Å². The minimum atomic E-state index is 0. The second-order valence-corrected chi connectivity index (χ2v) is 7.47. The highest BCUT2D eigenvalue weighted by molar-refractivity contribution is 14.0. The number of halogens is 1. The van der Waals surface area contributed by atoms with Gasteiger partial charge in [-0.05, 0) is 18.9 Å². The van der Waals surface area contributed by atoms with Gasteiger partial charge >= 0.3 is 0 Å². The van der Waals surface area contributed by atoms with E-state index in [0.29, 0.717) is 25.7 Å². The summed E-state index contributed by atoms with van der Waals surface area (Å²) in [6, 6.07) is 2.61. The van der Waals surface area contributed by atoms with E-state index >= 15 is 0 Å². The molecular formula is C19H29IN8O. The molecule has 2 aromatic rings. The van der Waals surface area contributed by atoms with Gasteiger partial charge in [-0.3, -0.25) is 19.2 Å². The normalized spacial score (nSPS) is 18.3. The number of hydrogen-bond acceptors (Lipinski definition) is 4. The highest BCUT2D eigenvalue weighted by Crippen LogP contribution is 2.28. The van der Waals surface area contributed by atoms with Crippen molar-refractivity contribution < 1.29 is 4.79 Å². The molecule has 0 spiro atoms. The standard InChI is InChI=1S/C19H28N8O.HI/c1-20-19(21-11-15-7-8-27(23-15)16-5-3-4-6-16)25-9-10-26(18(28)14-25)17-12-22-24(2)13-17;/h7-8,12-13,16H,3-6,9-11,14H2,1-2H3,(H,20,21);1H. The third-order valence-electron chi connectivity index (χ3n) is 5.52. The monoisotopic (exact) mass is 512 g/mol. The Kier molecular flexibility index (Phi) is 7.14. The molecule has 1 saturated heterocycles. The van der Waals surface area contributed by atoms with Gasteiger partial charge < -0.3 is 15.1 Å². The SMILES string of the molecule is CN=C(NCc1ccn(C2CCCC2)n1)N1CCN(c2cnn(C)c2)C(=O)C1.I. The van der Waals surface area contributed by atoms with Crippen LogP contribution in [0.4, 0.5) is 5.69 Å². The molecule has 1 aliphatic carbocycles. The van der Waals surface area contributed by atoms with Gasteiger partial charge in [0.25, 0.3) is 0 Å². The highest BCUT2D eigenvalue weighted by Gasteiger charge is 2.27. The number of amides is 1. The lowest BCUT2D eigenvalue weighted by Crippen LogP contribution is -2.55. The maximum Gasteiger partial charge on any atom is 0.246 e. The molecule has 0 radical (unpaired) electrons. The maximum atomic E-state index is 12.6. The van der Waals surface area contributed by atoms with Gasteiger partial charge in [0.1, 0.15) is 6.54 Å². The molecule has 0 unspecified atom stereocenters. The Bertz CT molecular complexity index is 854. The van der Waals surface area contributed by atoms with Crippen LogP contribution in [0.2, 0.25) is 0 Å². The van der Waals surface area contributed by atoms with Gasteiger partial charge in [0.2, 0.25) is 5.91 Å². The van der Waals surface area contributed by atoms with E-state index in [0.717, 1.165) is 23.9 Å². The average Bonchev–Trinajstić information content (AvgIpc) is 3.44. The lowest BCUT2D eigenvalue weighted by atomic mass is 10.3. The highest BCUT2D eigenvalue weighted by atomic mass is 127. The van der Waals surface area contributed by atoms with Crippen LogP contribution in [0.3, 0.4) is 0 Å². The molecule has 2 aromatic heterocycles. The molecule has 1 saturated carbocycles. The van der Waals surface area contributed by atoms with E-state index < -0.39 is 0 Å². The third kappa shape index (κ3) is 4.90. The zero-order valence-electron chi connectivity index (χ0n) is 17.0. The molecule has 1 aliphatic heterocycles. The molecule has 1 amide bonds. The summed E-state index contributed by atoms with van der Waals surface area (Å²) in [7, 11) is 3.60. The molecule has 0 bridgehead atoms. The average molecular weight is 512 g/mol. The van der Waals surface area contributed by atoms with Gasteiger partial charge in [0, 0.05) is 39.6 Å². The minimum Gasteiger partial charge on any atom is -0.351 e. The number of carbonyl (C=O) groups excluding carboxylic acids is 1. The van der Waals surface area contributed by atoms with Crippen molar-refractivity contribution in [3.63, 3.8) is 0 Å². The number of nitrogens with one attached hydrogen (secondary N) is 1. The number of guanidine groups is 1. The summed E-state index contributed by atoms with van der Waals surface area (Å²) in [6.45, 7) is 2.23. The van der Waals surface area contributed by atoms with Crippen molar-refractivity contribution in [3.05, 3.63) is 30.4 Å². The van der Waals surface area contributed by atoms with Crippen LogP contribution >= 0.6 is 24.0 Å². The number of carbonyl (C=O) groups is 1. The predicted molar refractivity (Wildman–Crippen MR) is 122 cm³/mol. The largest absolute Gasteiger partial charge is 0.351 e. The van der Waals surface area contributed by atoms with E-state index in [1.165, 1.54) is 25.7 Å². The summed E-state index contributed by atoms with van der Waals surface area (Å²) in [5.74, 6) is 0.780. The first-order valence-corrected chi connectivity index (χ1v) is 9.92. The van der Waals surface area contributed by atoms with Crippen molar-refractivity contribution in [2.75, 3.05) is 31.6 Å². The number of piperazine rings is 1. The van der Waals surface area contributed by atoms with E-state index in [2.05, 4.69) is 32.4 Å². The fourth-order valence-electron chi connectivity index (χ4n) is 4.02. The first kappa shape index (κ1) is 21.6. The first-order valence-electron chi connectivity index (χ1n) is 9.92. The van der Waals surface area contributed by atoms with Crippen LogP contribution in [-0.4, -0.2) is 63.0 Å². The molecule has 3 heterocycles. The number of rotatable bonds is 4. The van der Waals surface area contributed by atoms with Crippen LogP contribution in [0.15, 0.2) is 29.6 Å². The number of hydrogen-bond donors (Lipinski definition) is 1. The van der Waals surface area contributed by atoms with E-state index in [9.17, 15) is 4.79 Å². The molecule has 2 fully saturated rings. The topological polar surface area (TPSA) is 83.6 Å². The van der Waals surface area contributed by atoms with Crippen molar-refractivity contribution in [3.8, 4) is 0 Å². The Hall–Kier alpha value is -2.11. The number of aromatic nitrogens is 4. The van der Waals surface area contributed by atoms with Gasteiger partial charge in [-0.15, -0.1) is 24.0 Å². The molecule has 0 atom stereocenters. The molecule has 0 aromatic carbocycles. The molecule has 10 heteroatoms. The summed E-state index contributed by atoms with van der Waals surface area (Å²) in [5.41, 5.74) is 1.83. The summed E-state index contributed by atoms with van der Waals surface area (Å²) >= 11 is 0. The molecule has 158 valence electrons. The van der Waals surface area contributed by atoms with Crippen molar-refractivity contribution in [2.45, 2.75) is 38.3 Å². The molecule has 29 heavy (non-hydrogen) atoms. The van der Waals surface area contributed by atoms with Gasteiger partial charge in [0.15, 0.2) is 5.96 Å². The Morgan fingerprint density at radius 2 is 2.10 bits per heavy atom. The van der Waals surface area contributed by atoms with Gasteiger partial charge in [-0.25, -0.2) is 0 Å². The van der Waals surface area contributed by atoms with E-state index in [1.807, 2.05) is 18.1 Å². The van der Waals surface area contributed by atoms with Crippen molar-refractivity contribution in [1.82, 2.24) is 29.8 Å². The molecule has 9 nitrogen and oxygen atoms in total. The fourth-order valence-corrected chi connectivity index (χ4v) is 4.02.